The number of H-pyrrole nitrogens is 1. The predicted octanol–water partition coefficient (Wildman–Crippen LogP) is 3.08. The zero-order valence-electron chi connectivity index (χ0n) is 16.7. The van der Waals surface area contributed by atoms with Crippen LogP contribution in [-0.4, -0.2) is 25.4 Å². The van der Waals surface area contributed by atoms with E-state index in [4.69, 9.17) is 0 Å². The van der Waals surface area contributed by atoms with Crippen molar-refractivity contribution in [2.45, 2.75) is 12.6 Å². The third-order valence-electron chi connectivity index (χ3n) is 4.74. The minimum Gasteiger partial charge on any atom is -0.307 e. The van der Waals surface area contributed by atoms with Gasteiger partial charge in [0.25, 0.3) is 5.56 Å². The molecule has 0 aliphatic carbocycles. The van der Waals surface area contributed by atoms with Gasteiger partial charge in [0.2, 0.25) is 5.91 Å². The maximum atomic E-state index is 13.8. The van der Waals surface area contributed by atoms with Crippen molar-refractivity contribution in [3.8, 4) is 11.3 Å². The van der Waals surface area contributed by atoms with E-state index in [1.54, 1.807) is 0 Å². The Kier molecular flexibility index (Phi) is 5.57. The number of hydrogen-bond donors (Lipinski definition) is 2. The highest BCUT2D eigenvalue weighted by Gasteiger charge is 2.34. The maximum Gasteiger partial charge on any atom is 0.419 e. The van der Waals surface area contributed by atoms with Crippen LogP contribution < -0.4 is 16.6 Å². The molecular weight excluding hydrogens is 466 g/mol. The minimum atomic E-state index is -4.81. The number of carbonyl (C=O) groups is 1. The number of anilines is 1. The number of rotatable bonds is 4. The van der Waals surface area contributed by atoms with Crippen LogP contribution >= 0.6 is 11.3 Å². The number of halogens is 4. The van der Waals surface area contributed by atoms with E-state index in [1.165, 1.54) is 24.7 Å². The highest BCUT2D eigenvalue weighted by Crippen LogP contribution is 2.34. The van der Waals surface area contributed by atoms with Crippen LogP contribution in [0.4, 0.5) is 22.7 Å². The normalized spacial score (nSPS) is 11.7. The van der Waals surface area contributed by atoms with Gasteiger partial charge in [0, 0.05) is 24.2 Å². The van der Waals surface area contributed by atoms with E-state index < -0.39 is 34.7 Å². The van der Waals surface area contributed by atoms with Gasteiger partial charge >= 0.3 is 11.9 Å². The summed E-state index contributed by atoms with van der Waals surface area (Å²) in [6.07, 6.45) is -3.77. The number of aromatic amines is 1. The second-order valence-corrected chi connectivity index (χ2v) is 7.79. The number of nitrogens with zero attached hydrogens (tertiary/aromatic N) is 3. The zero-order chi connectivity index (χ0) is 23.9. The first-order valence-electron chi connectivity index (χ1n) is 9.24. The Balaban J connectivity index is 1.55. The number of fused-ring (bicyclic) bond motifs is 1. The van der Waals surface area contributed by atoms with Crippen LogP contribution in [-0.2, 0) is 24.4 Å². The summed E-state index contributed by atoms with van der Waals surface area (Å²) < 4.78 is 52.9. The fourth-order valence-electron chi connectivity index (χ4n) is 3.12. The molecule has 0 spiro atoms. The van der Waals surface area contributed by atoms with Gasteiger partial charge in [-0.05, 0) is 18.2 Å². The standard InChI is InChI=1S/C20H13F4N5O3S/c1-29-17(31)16-12(27-19(29)32)4-5-25-13(16)7-15(30)28-18-26-14(8-33-18)9-2-3-10(11(21)6-9)20(22,23)24/h2-6,8H,7H2,1H3,(H,27,32)(H,26,28,30). The molecule has 0 saturated carbocycles. The Hall–Kier alpha value is -3.87. The molecule has 0 radical (unpaired) electrons. The van der Waals surface area contributed by atoms with E-state index in [1.807, 2.05) is 0 Å². The fraction of sp³-hybridized carbons (Fsp3) is 0.150. The number of carbonyl (C=O) groups excluding carboxylic acids is 1. The third kappa shape index (κ3) is 4.39. The second-order valence-electron chi connectivity index (χ2n) is 6.93. The molecule has 8 nitrogen and oxygen atoms in total. The summed E-state index contributed by atoms with van der Waals surface area (Å²) in [5.74, 6) is -2.00. The number of thiazole rings is 1. The molecule has 13 heteroatoms. The van der Waals surface area contributed by atoms with E-state index in [9.17, 15) is 31.9 Å². The van der Waals surface area contributed by atoms with Crippen molar-refractivity contribution in [3.05, 3.63) is 73.8 Å². The van der Waals surface area contributed by atoms with Crippen LogP contribution in [0.3, 0.4) is 0 Å². The second kappa shape index (κ2) is 8.24. The van der Waals surface area contributed by atoms with Crippen LogP contribution in [0, 0.1) is 5.82 Å². The number of nitrogens with one attached hydrogen (secondary N) is 2. The molecule has 1 amide bonds. The molecule has 0 fully saturated rings. The molecule has 170 valence electrons. The van der Waals surface area contributed by atoms with E-state index in [0.29, 0.717) is 6.07 Å². The van der Waals surface area contributed by atoms with Crippen LogP contribution in [0.2, 0.25) is 0 Å². The lowest BCUT2D eigenvalue weighted by Gasteiger charge is -2.08. The van der Waals surface area contributed by atoms with Crippen LogP contribution in [0.5, 0.6) is 0 Å². The molecule has 3 heterocycles. The van der Waals surface area contributed by atoms with Crippen molar-refractivity contribution >= 4 is 33.3 Å². The number of alkyl halides is 3. The van der Waals surface area contributed by atoms with Gasteiger partial charge in [-0.2, -0.15) is 13.2 Å². The predicted molar refractivity (Wildman–Crippen MR) is 112 cm³/mol. The van der Waals surface area contributed by atoms with Crippen molar-refractivity contribution in [1.82, 2.24) is 19.5 Å². The summed E-state index contributed by atoms with van der Waals surface area (Å²) in [5, 5.41) is 4.18. The van der Waals surface area contributed by atoms with Gasteiger partial charge in [-0.3, -0.25) is 19.1 Å². The van der Waals surface area contributed by atoms with Gasteiger partial charge in [-0.25, -0.2) is 14.2 Å². The van der Waals surface area contributed by atoms with Crippen molar-refractivity contribution in [2.24, 2.45) is 7.05 Å². The molecule has 1 aromatic carbocycles. The summed E-state index contributed by atoms with van der Waals surface area (Å²) in [4.78, 5) is 47.4. The molecule has 3 aromatic heterocycles. The first kappa shape index (κ1) is 22.3. The molecule has 0 saturated heterocycles. The lowest BCUT2D eigenvalue weighted by Crippen LogP contribution is -2.33. The fourth-order valence-corrected chi connectivity index (χ4v) is 3.86. The van der Waals surface area contributed by atoms with Crippen LogP contribution in [0.15, 0.2) is 45.4 Å². The molecule has 2 N–H and O–H groups in total. The molecule has 0 bridgehead atoms. The number of hydrogen-bond acceptors (Lipinski definition) is 6. The van der Waals surface area contributed by atoms with Gasteiger partial charge in [0.1, 0.15) is 5.82 Å². The number of amides is 1. The van der Waals surface area contributed by atoms with Gasteiger partial charge in [-0.1, -0.05) is 6.07 Å². The molecule has 4 aromatic rings. The molecule has 0 atom stereocenters. The molecule has 0 unspecified atom stereocenters. The summed E-state index contributed by atoms with van der Waals surface area (Å²) in [5.41, 5.74) is -1.93. The Morgan fingerprint density at radius 3 is 2.70 bits per heavy atom. The average Bonchev–Trinajstić information content (AvgIpc) is 3.19. The molecular formula is C20H13F4N5O3S. The molecule has 4 rings (SSSR count). The van der Waals surface area contributed by atoms with Crippen molar-refractivity contribution in [2.75, 3.05) is 5.32 Å². The first-order valence-corrected chi connectivity index (χ1v) is 10.1. The van der Waals surface area contributed by atoms with Gasteiger partial charge in [0.05, 0.1) is 34.3 Å². The Labute approximate surface area is 185 Å². The molecule has 33 heavy (non-hydrogen) atoms. The average molecular weight is 479 g/mol. The Bertz CT molecular complexity index is 1510. The Morgan fingerprint density at radius 2 is 2.00 bits per heavy atom. The van der Waals surface area contributed by atoms with E-state index in [-0.39, 0.29) is 39.4 Å². The minimum absolute atomic E-state index is 0.0924. The quantitative estimate of drug-likeness (QED) is 0.437. The summed E-state index contributed by atoms with van der Waals surface area (Å²) in [6, 6.07) is 3.87. The topological polar surface area (TPSA) is 110 Å². The SMILES string of the molecule is Cn1c(=O)[nH]c2ccnc(CC(=O)Nc3nc(-c4ccc(C(F)(F)F)c(F)c4)cs3)c2c1=O. The summed E-state index contributed by atoms with van der Waals surface area (Å²) in [7, 11) is 1.29. The number of pyridine rings is 1. The zero-order valence-corrected chi connectivity index (χ0v) is 17.5. The van der Waals surface area contributed by atoms with Crippen molar-refractivity contribution in [3.63, 3.8) is 0 Å². The first-order chi connectivity index (χ1) is 15.5. The third-order valence-corrected chi connectivity index (χ3v) is 5.50. The van der Waals surface area contributed by atoms with Gasteiger partial charge < -0.3 is 10.3 Å². The van der Waals surface area contributed by atoms with E-state index in [2.05, 4.69) is 20.3 Å². The summed E-state index contributed by atoms with van der Waals surface area (Å²) in [6.45, 7) is 0. The smallest absolute Gasteiger partial charge is 0.307 e. The lowest BCUT2D eigenvalue weighted by molar-refractivity contribution is -0.140. The van der Waals surface area contributed by atoms with E-state index in [0.717, 1.165) is 28.0 Å². The largest absolute Gasteiger partial charge is 0.419 e. The summed E-state index contributed by atoms with van der Waals surface area (Å²) >= 11 is 0.989. The van der Waals surface area contributed by atoms with Gasteiger partial charge in [0.15, 0.2) is 5.13 Å². The maximum absolute atomic E-state index is 13.8. The molecule has 0 aliphatic rings. The number of benzene rings is 1. The monoisotopic (exact) mass is 479 g/mol. The number of aromatic nitrogens is 4. The van der Waals surface area contributed by atoms with Gasteiger partial charge in [-0.15, -0.1) is 11.3 Å². The highest BCUT2D eigenvalue weighted by molar-refractivity contribution is 7.14. The van der Waals surface area contributed by atoms with Crippen LogP contribution in [0.25, 0.3) is 22.2 Å². The lowest BCUT2D eigenvalue weighted by atomic mass is 10.1. The van der Waals surface area contributed by atoms with Crippen molar-refractivity contribution < 1.29 is 22.4 Å². The Morgan fingerprint density at radius 1 is 1.24 bits per heavy atom. The van der Waals surface area contributed by atoms with Crippen molar-refractivity contribution in [1.29, 1.82) is 0 Å². The highest BCUT2D eigenvalue weighted by atomic mass is 32.1. The van der Waals surface area contributed by atoms with E-state index >= 15 is 0 Å². The van der Waals surface area contributed by atoms with Crippen LogP contribution in [0.1, 0.15) is 11.3 Å². The molecule has 0 aliphatic heterocycles.